The van der Waals surface area contributed by atoms with Crippen molar-refractivity contribution in [2.24, 2.45) is 0 Å². The molecule has 0 aliphatic carbocycles. The van der Waals surface area contributed by atoms with E-state index in [1.807, 2.05) is 54.8 Å². The summed E-state index contributed by atoms with van der Waals surface area (Å²) in [5.41, 5.74) is 2.81. The van der Waals surface area contributed by atoms with Crippen LogP contribution in [0.1, 0.15) is 27.7 Å². The fourth-order valence-electron chi connectivity index (χ4n) is 3.08. The number of fused-ring (bicyclic) bond motifs is 1. The van der Waals surface area contributed by atoms with Gasteiger partial charge in [-0.05, 0) is 37.6 Å². The lowest BCUT2D eigenvalue weighted by molar-refractivity contribution is -0.116. The van der Waals surface area contributed by atoms with Crippen LogP contribution in [0.5, 0.6) is 5.75 Å². The van der Waals surface area contributed by atoms with Crippen LogP contribution >= 0.6 is 22.7 Å². The predicted molar refractivity (Wildman–Crippen MR) is 128 cm³/mol. The fraction of sp³-hybridized carbons (Fsp3) is 0.208. The van der Waals surface area contributed by atoms with Crippen LogP contribution in [0, 0.1) is 6.92 Å². The van der Waals surface area contributed by atoms with Gasteiger partial charge in [0.1, 0.15) is 12.4 Å². The molecule has 0 aliphatic rings. The Labute approximate surface area is 189 Å². The first-order chi connectivity index (χ1) is 15.2. The Morgan fingerprint density at radius 1 is 1.13 bits per heavy atom. The molecule has 5 nitrogen and oxygen atoms in total. The van der Waals surface area contributed by atoms with E-state index in [0.717, 1.165) is 45.4 Å². The summed E-state index contributed by atoms with van der Waals surface area (Å²) in [5, 5.41) is 7.06. The number of hydrogen-bond acceptors (Lipinski definition) is 6. The standard InChI is InChI=1S/C24H23N3O2S2/c1-17-26-19(16-30-17)15-29-21-9-4-2-7-18(21)12-13-23(28)25-14-6-11-24-27-20-8-3-5-10-22(20)31-24/h2-5,7-10,12-13,16H,6,11,14-15H2,1H3,(H,25,28)/b13-12+. The number of nitrogens with one attached hydrogen (secondary N) is 1. The number of carbonyl (C=O) groups is 1. The van der Waals surface area contributed by atoms with Crippen molar-refractivity contribution in [3.63, 3.8) is 0 Å². The minimum atomic E-state index is -0.116. The number of nitrogens with zero attached hydrogens (tertiary/aromatic N) is 2. The number of rotatable bonds is 9. The van der Waals surface area contributed by atoms with Gasteiger partial charge in [-0.3, -0.25) is 4.79 Å². The molecule has 2 aromatic carbocycles. The van der Waals surface area contributed by atoms with E-state index in [2.05, 4.69) is 21.4 Å². The van der Waals surface area contributed by atoms with Gasteiger partial charge in [0.05, 0.1) is 25.9 Å². The van der Waals surface area contributed by atoms with Crippen molar-refractivity contribution in [3.05, 3.63) is 81.3 Å². The number of amides is 1. The Hall–Kier alpha value is -3.03. The van der Waals surface area contributed by atoms with Gasteiger partial charge in [0.2, 0.25) is 5.91 Å². The molecule has 4 aromatic rings. The van der Waals surface area contributed by atoms with Crippen LogP contribution in [0.25, 0.3) is 16.3 Å². The Bertz CT molecular complexity index is 1160. The molecule has 0 unspecified atom stereocenters. The third-order valence-electron chi connectivity index (χ3n) is 4.58. The zero-order valence-electron chi connectivity index (χ0n) is 17.2. The van der Waals surface area contributed by atoms with Crippen LogP contribution in [-0.4, -0.2) is 22.4 Å². The zero-order valence-corrected chi connectivity index (χ0v) is 18.8. The van der Waals surface area contributed by atoms with E-state index in [4.69, 9.17) is 4.74 Å². The molecule has 0 spiro atoms. The van der Waals surface area contributed by atoms with Gasteiger partial charge in [-0.25, -0.2) is 9.97 Å². The molecule has 0 bridgehead atoms. The van der Waals surface area contributed by atoms with Crippen molar-refractivity contribution >= 4 is 44.9 Å². The van der Waals surface area contributed by atoms with Crippen LogP contribution in [-0.2, 0) is 17.8 Å². The van der Waals surface area contributed by atoms with Crippen LogP contribution < -0.4 is 10.1 Å². The molecule has 0 radical (unpaired) electrons. The van der Waals surface area contributed by atoms with Crippen LogP contribution in [0.2, 0.25) is 0 Å². The molecule has 0 saturated carbocycles. The van der Waals surface area contributed by atoms with Crippen molar-refractivity contribution in [1.82, 2.24) is 15.3 Å². The normalized spacial score (nSPS) is 11.3. The maximum atomic E-state index is 12.2. The molecule has 1 amide bonds. The first kappa shape index (κ1) is 21.2. The summed E-state index contributed by atoms with van der Waals surface area (Å²) in [6, 6.07) is 15.8. The second-order valence-corrected chi connectivity index (χ2v) is 9.17. The fourth-order valence-corrected chi connectivity index (χ4v) is 4.68. The molecule has 0 saturated heterocycles. The zero-order chi connectivity index (χ0) is 21.5. The molecule has 0 fully saturated rings. The molecular formula is C24H23N3O2S2. The van der Waals surface area contributed by atoms with Gasteiger partial charge in [0, 0.05) is 30.0 Å². The first-order valence-corrected chi connectivity index (χ1v) is 11.8. The van der Waals surface area contributed by atoms with Crippen molar-refractivity contribution in [3.8, 4) is 5.75 Å². The topological polar surface area (TPSA) is 64.1 Å². The molecule has 2 aromatic heterocycles. The molecule has 1 N–H and O–H groups in total. The highest BCUT2D eigenvalue weighted by molar-refractivity contribution is 7.18. The van der Waals surface area contributed by atoms with Crippen LogP contribution in [0.4, 0.5) is 0 Å². The number of aryl methyl sites for hydroxylation is 2. The first-order valence-electron chi connectivity index (χ1n) is 10.1. The molecule has 158 valence electrons. The Kier molecular flexibility index (Phi) is 7.07. The van der Waals surface area contributed by atoms with Crippen LogP contribution in [0.3, 0.4) is 0 Å². The summed E-state index contributed by atoms with van der Waals surface area (Å²) < 4.78 is 7.10. The number of carbonyl (C=O) groups excluding carboxylic acids is 1. The van der Waals surface area contributed by atoms with Gasteiger partial charge in [-0.2, -0.15) is 0 Å². The van der Waals surface area contributed by atoms with E-state index < -0.39 is 0 Å². The third-order valence-corrected chi connectivity index (χ3v) is 6.50. The summed E-state index contributed by atoms with van der Waals surface area (Å²) >= 11 is 3.32. The quantitative estimate of drug-likeness (QED) is 0.274. The number of aromatic nitrogens is 2. The second kappa shape index (κ2) is 10.3. The molecule has 4 rings (SSSR count). The summed E-state index contributed by atoms with van der Waals surface area (Å²) in [4.78, 5) is 21.2. The van der Waals surface area contributed by atoms with Gasteiger partial charge in [0.15, 0.2) is 0 Å². The number of hydrogen-bond donors (Lipinski definition) is 1. The number of ether oxygens (including phenoxy) is 1. The van der Waals surface area contributed by atoms with Gasteiger partial charge < -0.3 is 10.1 Å². The number of para-hydroxylation sites is 2. The van der Waals surface area contributed by atoms with Gasteiger partial charge in [-0.15, -0.1) is 22.7 Å². The summed E-state index contributed by atoms with van der Waals surface area (Å²) in [6.07, 6.45) is 5.04. The smallest absolute Gasteiger partial charge is 0.244 e. The van der Waals surface area contributed by atoms with E-state index in [-0.39, 0.29) is 5.91 Å². The van der Waals surface area contributed by atoms with E-state index in [1.165, 1.54) is 4.70 Å². The van der Waals surface area contributed by atoms with Gasteiger partial charge >= 0.3 is 0 Å². The molecule has 31 heavy (non-hydrogen) atoms. The minimum absolute atomic E-state index is 0.116. The lowest BCUT2D eigenvalue weighted by Crippen LogP contribution is -2.22. The van der Waals surface area contributed by atoms with Crippen molar-refractivity contribution in [2.45, 2.75) is 26.4 Å². The van der Waals surface area contributed by atoms with E-state index in [9.17, 15) is 4.79 Å². The highest BCUT2D eigenvalue weighted by atomic mass is 32.1. The van der Waals surface area contributed by atoms with Crippen molar-refractivity contribution in [1.29, 1.82) is 0 Å². The van der Waals surface area contributed by atoms with Gasteiger partial charge in [0.25, 0.3) is 0 Å². The van der Waals surface area contributed by atoms with Crippen LogP contribution in [0.15, 0.2) is 60.0 Å². The highest BCUT2D eigenvalue weighted by Gasteiger charge is 2.05. The maximum absolute atomic E-state index is 12.2. The third kappa shape index (κ3) is 5.99. The van der Waals surface area contributed by atoms with E-state index >= 15 is 0 Å². The predicted octanol–water partition coefficient (Wildman–Crippen LogP) is 5.40. The number of benzene rings is 2. The average Bonchev–Trinajstić information content (AvgIpc) is 3.39. The molecule has 0 atom stereocenters. The monoisotopic (exact) mass is 449 g/mol. The summed E-state index contributed by atoms with van der Waals surface area (Å²) in [6.45, 7) is 3.00. The minimum Gasteiger partial charge on any atom is -0.487 e. The number of thiazole rings is 2. The van der Waals surface area contributed by atoms with Crippen molar-refractivity contribution in [2.75, 3.05) is 6.54 Å². The molecule has 7 heteroatoms. The largest absolute Gasteiger partial charge is 0.487 e. The van der Waals surface area contributed by atoms with Gasteiger partial charge in [-0.1, -0.05) is 30.3 Å². The lowest BCUT2D eigenvalue weighted by atomic mass is 10.2. The SMILES string of the molecule is Cc1nc(COc2ccccc2/C=C/C(=O)NCCCc2nc3ccccc3s2)cs1. The second-order valence-electron chi connectivity index (χ2n) is 6.99. The van der Waals surface area contributed by atoms with E-state index in [0.29, 0.717) is 13.2 Å². The average molecular weight is 450 g/mol. The van der Waals surface area contributed by atoms with E-state index in [1.54, 1.807) is 34.8 Å². The Morgan fingerprint density at radius 3 is 2.81 bits per heavy atom. The van der Waals surface area contributed by atoms with Crippen molar-refractivity contribution < 1.29 is 9.53 Å². The highest BCUT2D eigenvalue weighted by Crippen LogP contribution is 2.23. The molecule has 2 heterocycles. The summed E-state index contributed by atoms with van der Waals surface area (Å²) in [7, 11) is 0. The lowest BCUT2D eigenvalue weighted by Gasteiger charge is -2.07. The molecule has 0 aliphatic heterocycles. The summed E-state index contributed by atoms with van der Waals surface area (Å²) in [5.74, 6) is 0.613. The maximum Gasteiger partial charge on any atom is 0.244 e. The molecular weight excluding hydrogens is 426 g/mol. The Morgan fingerprint density at radius 2 is 1.97 bits per heavy atom. The Balaban J connectivity index is 1.25.